The fourth-order valence-electron chi connectivity index (χ4n) is 3.75. The van der Waals surface area contributed by atoms with Crippen LogP contribution in [0.2, 0.25) is 0 Å². The number of hydrogen-bond donors (Lipinski definition) is 2. The van der Waals surface area contributed by atoms with Gasteiger partial charge in [-0.1, -0.05) is 55.8 Å². The molecule has 2 nitrogen and oxygen atoms in total. The first-order valence-electron chi connectivity index (χ1n) is 7.99. The van der Waals surface area contributed by atoms with Crippen molar-refractivity contribution in [2.45, 2.75) is 63.8 Å². The molecule has 3 N–H and O–H groups in total. The lowest BCUT2D eigenvalue weighted by molar-refractivity contribution is 0.295. The minimum absolute atomic E-state index is 0.0964. The van der Waals surface area contributed by atoms with Crippen molar-refractivity contribution in [3.8, 4) is 0 Å². The van der Waals surface area contributed by atoms with Crippen LogP contribution in [0.15, 0.2) is 42.0 Å². The third-order valence-electron chi connectivity index (χ3n) is 5.03. The smallest absolute Gasteiger partial charge is 0.0516 e. The molecule has 1 aromatic carbocycles. The van der Waals surface area contributed by atoms with E-state index >= 15 is 0 Å². The van der Waals surface area contributed by atoms with E-state index in [-0.39, 0.29) is 11.5 Å². The van der Waals surface area contributed by atoms with E-state index in [0.29, 0.717) is 0 Å². The van der Waals surface area contributed by atoms with Gasteiger partial charge in [0.15, 0.2) is 0 Å². The monoisotopic (exact) mass is 272 g/mol. The van der Waals surface area contributed by atoms with Crippen LogP contribution in [0, 0.1) is 0 Å². The molecule has 1 aliphatic rings. The Kier molecular flexibility index (Phi) is 5.38. The van der Waals surface area contributed by atoms with Crippen molar-refractivity contribution in [3.63, 3.8) is 0 Å². The minimum Gasteiger partial charge on any atom is -0.271 e. The molecule has 0 fully saturated rings. The Bertz CT molecular complexity index is 432. The van der Waals surface area contributed by atoms with E-state index in [1.54, 1.807) is 0 Å². The van der Waals surface area contributed by atoms with Gasteiger partial charge in [0.25, 0.3) is 0 Å². The van der Waals surface area contributed by atoms with Crippen LogP contribution in [0.3, 0.4) is 0 Å². The number of allylic oxidation sites excluding steroid dienone is 1. The van der Waals surface area contributed by atoms with Crippen LogP contribution in [-0.2, 0) is 5.41 Å². The molecule has 1 unspecified atom stereocenters. The van der Waals surface area contributed by atoms with Gasteiger partial charge in [-0.15, -0.1) is 0 Å². The number of hydrazine groups is 1. The van der Waals surface area contributed by atoms with Crippen molar-refractivity contribution in [1.29, 1.82) is 0 Å². The predicted octanol–water partition coefficient (Wildman–Crippen LogP) is 4.08. The zero-order valence-corrected chi connectivity index (χ0v) is 12.9. The quantitative estimate of drug-likeness (QED) is 0.465. The lowest BCUT2D eigenvalue weighted by atomic mass is 9.67. The fourth-order valence-corrected chi connectivity index (χ4v) is 3.75. The van der Waals surface area contributed by atoms with E-state index in [1.807, 2.05) is 0 Å². The molecule has 2 heteroatoms. The van der Waals surface area contributed by atoms with Gasteiger partial charge in [-0.25, -0.2) is 0 Å². The first kappa shape index (κ1) is 15.3. The second kappa shape index (κ2) is 7.05. The van der Waals surface area contributed by atoms with E-state index in [1.165, 1.54) is 36.8 Å². The van der Waals surface area contributed by atoms with Crippen molar-refractivity contribution in [2.24, 2.45) is 5.84 Å². The van der Waals surface area contributed by atoms with Gasteiger partial charge in [-0.2, -0.15) is 0 Å². The zero-order chi connectivity index (χ0) is 14.4. The molecule has 110 valence electrons. The maximum Gasteiger partial charge on any atom is 0.0516 e. The SMILES string of the molecule is CCC(CC)(c1ccccc1)C(NN)C1=CCCCC1. The van der Waals surface area contributed by atoms with Crippen LogP contribution < -0.4 is 11.3 Å². The van der Waals surface area contributed by atoms with Crippen molar-refractivity contribution >= 4 is 0 Å². The van der Waals surface area contributed by atoms with Crippen LogP contribution in [0.5, 0.6) is 0 Å². The van der Waals surface area contributed by atoms with E-state index in [2.05, 4.69) is 55.7 Å². The Balaban J connectivity index is 2.42. The highest BCUT2D eigenvalue weighted by Gasteiger charge is 2.38. The summed E-state index contributed by atoms with van der Waals surface area (Å²) in [5, 5.41) is 0. The van der Waals surface area contributed by atoms with Crippen molar-refractivity contribution < 1.29 is 0 Å². The topological polar surface area (TPSA) is 38.0 Å². The second-order valence-electron chi connectivity index (χ2n) is 5.85. The third-order valence-corrected chi connectivity index (χ3v) is 5.03. The Hall–Kier alpha value is -1.12. The summed E-state index contributed by atoms with van der Waals surface area (Å²) in [5.41, 5.74) is 6.15. The molecule has 1 aromatic rings. The Morgan fingerprint density at radius 1 is 1.15 bits per heavy atom. The fraction of sp³-hybridized carbons (Fsp3) is 0.556. The van der Waals surface area contributed by atoms with E-state index < -0.39 is 0 Å². The highest BCUT2D eigenvalue weighted by molar-refractivity contribution is 5.33. The lowest BCUT2D eigenvalue weighted by Gasteiger charge is -2.42. The normalized spacial score (nSPS) is 17.6. The molecule has 1 atom stereocenters. The Labute approximate surface area is 123 Å². The molecular weight excluding hydrogens is 244 g/mol. The van der Waals surface area contributed by atoms with Crippen LogP contribution in [0.1, 0.15) is 57.9 Å². The van der Waals surface area contributed by atoms with Crippen molar-refractivity contribution in [3.05, 3.63) is 47.5 Å². The van der Waals surface area contributed by atoms with Crippen molar-refractivity contribution in [1.82, 2.24) is 5.43 Å². The van der Waals surface area contributed by atoms with Gasteiger partial charge in [0, 0.05) is 5.41 Å². The van der Waals surface area contributed by atoms with Gasteiger partial charge >= 0.3 is 0 Å². The summed E-state index contributed by atoms with van der Waals surface area (Å²) in [6.45, 7) is 4.56. The average Bonchev–Trinajstić information content (AvgIpc) is 2.54. The first-order valence-corrected chi connectivity index (χ1v) is 7.99. The van der Waals surface area contributed by atoms with Gasteiger partial charge in [-0.3, -0.25) is 11.3 Å². The van der Waals surface area contributed by atoms with E-state index in [4.69, 9.17) is 5.84 Å². The highest BCUT2D eigenvalue weighted by Crippen LogP contribution is 2.39. The van der Waals surface area contributed by atoms with Gasteiger partial charge in [0.1, 0.15) is 0 Å². The largest absolute Gasteiger partial charge is 0.271 e. The number of nitrogens with one attached hydrogen (secondary N) is 1. The number of hydrogen-bond acceptors (Lipinski definition) is 2. The molecule has 0 amide bonds. The number of benzene rings is 1. The predicted molar refractivity (Wildman–Crippen MR) is 86.4 cm³/mol. The molecule has 20 heavy (non-hydrogen) atoms. The Morgan fingerprint density at radius 2 is 1.85 bits per heavy atom. The molecule has 0 aliphatic heterocycles. The summed E-state index contributed by atoms with van der Waals surface area (Å²) in [6, 6.07) is 11.1. The van der Waals surface area contributed by atoms with Gasteiger partial charge < -0.3 is 0 Å². The summed E-state index contributed by atoms with van der Waals surface area (Å²) >= 11 is 0. The van der Waals surface area contributed by atoms with Gasteiger partial charge in [0.2, 0.25) is 0 Å². The highest BCUT2D eigenvalue weighted by atomic mass is 15.2. The zero-order valence-electron chi connectivity index (χ0n) is 12.9. The number of rotatable bonds is 6. The van der Waals surface area contributed by atoms with Gasteiger partial charge in [-0.05, 0) is 44.1 Å². The van der Waals surface area contributed by atoms with Crippen LogP contribution >= 0.6 is 0 Å². The Morgan fingerprint density at radius 3 is 2.35 bits per heavy atom. The molecular formula is C18H28N2. The first-order chi connectivity index (χ1) is 9.78. The van der Waals surface area contributed by atoms with E-state index in [0.717, 1.165) is 12.8 Å². The summed E-state index contributed by atoms with van der Waals surface area (Å²) < 4.78 is 0. The minimum atomic E-state index is 0.0964. The molecule has 0 radical (unpaired) electrons. The van der Waals surface area contributed by atoms with Gasteiger partial charge in [0.05, 0.1) is 6.04 Å². The molecule has 2 rings (SSSR count). The summed E-state index contributed by atoms with van der Waals surface area (Å²) in [4.78, 5) is 0. The molecule has 0 heterocycles. The maximum absolute atomic E-state index is 5.99. The number of nitrogens with two attached hydrogens (primary N) is 1. The third kappa shape index (κ3) is 2.82. The standard InChI is InChI=1S/C18H28N2/c1-3-18(4-2,16-13-9-6-10-14-16)17(20-19)15-11-7-5-8-12-15/h6,9-11,13-14,17,20H,3-5,7-8,12,19H2,1-2H3. The summed E-state index contributed by atoms with van der Waals surface area (Å²) in [5.74, 6) is 5.99. The van der Waals surface area contributed by atoms with Crippen molar-refractivity contribution in [2.75, 3.05) is 0 Å². The lowest BCUT2D eigenvalue weighted by Crippen LogP contribution is -2.52. The molecule has 0 spiro atoms. The summed E-state index contributed by atoms with van der Waals surface area (Å²) in [7, 11) is 0. The van der Waals surface area contributed by atoms with Crippen LogP contribution in [0.25, 0.3) is 0 Å². The average molecular weight is 272 g/mol. The second-order valence-corrected chi connectivity index (χ2v) is 5.85. The maximum atomic E-state index is 5.99. The molecule has 1 aliphatic carbocycles. The van der Waals surface area contributed by atoms with E-state index in [9.17, 15) is 0 Å². The molecule has 0 aromatic heterocycles. The molecule has 0 bridgehead atoms. The van der Waals surface area contributed by atoms with Crippen LogP contribution in [0.4, 0.5) is 0 Å². The van der Waals surface area contributed by atoms with Crippen LogP contribution in [-0.4, -0.2) is 6.04 Å². The molecule has 0 saturated heterocycles. The summed E-state index contributed by atoms with van der Waals surface area (Å²) in [6.07, 6.45) is 9.60. The molecule has 0 saturated carbocycles.